The molecule has 1 fully saturated rings. The molecule has 3 heteroatoms. The Balaban J connectivity index is 2.47. The van der Waals surface area contributed by atoms with E-state index < -0.39 is 6.10 Å². The highest BCUT2D eigenvalue weighted by molar-refractivity contribution is 5.33. The Labute approximate surface area is 59.8 Å². The molecule has 1 rings (SSSR count). The number of hydrogen-bond donors (Lipinski definition) is 1. The summed E-state index contributed by atoms with van der Waals surface area (Å²) in [5.41, 5.74) is 0. The van der Waals surface area contributed by atoms with Gasteiger partial charge < -0.3 is 5.11 Å². The molecule has 0 aromatic heterocycles. The third kappa shape index (κ3) is 1.66. The van der Waals surface area contributed by atoms with Gasteiger partial charge >= 0.3 is 0 Å². The van der Waals surface area contributed by atoms with Crippen molar-refractivity contribution >= 4 is 6.08 Å². The largest absolute Gasteiger partial charge is 0.391 e. The van der Waals surface area contributed by atoms with E-state index in [0.29, 0.717) is 0 Å². The van der Waals surface area contributed by atoms with Gasteiger partial charge in [0, 0.05) is 0 Å². The molecule has 10 heavy (non-hydrogen) atoms. The molecule has 0 amide bonds. The maximum atomic E-state index is 9.82. The summed E-state index contributed by atoms with van der Waals surface area (Å²) >= 11 is 0. The molecule has 0 aromatic rings. The highest BCUT2D eigenvalue weighted by atomic mass is 16.3. The molecular weight excluding hydrogens is 130 g/mol. The number of aliphatic imine (C=N–C) groups is 1. The fraction of sp³-hybridized carbons (Fsp3) is 0.857. The minimum atomic E-state index is -0.407. The molecule has 2 unspecified atom stereocenters. The fourth-order valence-electron chi connectivity index (χ4n) is 1.31. The lowest BCUT2D eigenvalue weighted by molar-refractivity contribution is 0.109. The number of aliphatic hydroxyl groups excluding tert-OH is 1. The zero-order valence-electron chi connectivity index (χ0n) is 5.79. The van der Waals surface area contributed by atoms with Crippen molar-refractivity contribution in [3.8, 4) is 0 Å². The molecule has 1 saturated carbocycles. The first-order chi connectivity index (χ1) is 4.84. The van der Waals surface area contributed by atoms with Crippen LogP contribution in [0.25, 0.3) is 0 Å². The van der Waals surface area contributed by atoms with E-state index in [4.69, 9.17) is 0 Å². The van der Waals surface area contributed by atoms with Crippen LogP contribution in [0.15, 0.2) is 4.99 Å². The first-order valence-electron chi connectivity index (χ1n) is 3.59. The Kier molecular flexibility index (Phi) is 2.60. The first-order valence-corrected chi connectivity index (χ1v) is 3.59. The van der Waals surface area contributed by atoms with Crippen LogP contribution in [0.2, 0.25) is 0 Å². The monoisotopic (exact) mass is 141 g/mol. The second kappa shape index (κ2) is 3.49. The van der Waals surface area contributed by atoms with Gasteiger partial charge in [-0.05, 0) is 12.8 Å². The summed E-state index contributed by atoms with van der Waals surface area (Å²) < 4.78 is 0. The summed E-state index contributed by atoms with van der Waals surface area (Å²) in [5.74, 6) is 0. The number of nitrogens with zero attached hydrogens (tertiary/aromatic N) is 1. The Morgan fingerprint density at radius 1 is 1.40 bits per heavy atom. The molecule has 2 atom stereocenters. The molecule has 0 aromatic carbocycles. The van der Waals surface area contributed by atoms with Crippen molar-refractivity contribution in [2.24, 2.45) is 4.99 Å². The predicted octanol–water partition coefficient (Wildman–Crippen LogP) is 0.626. The summed E-state index contributed by atoms with van der Waals surface area (Å²) in [5, 5.41) is 9.23. The van der Waals surface area contributed by atoms with Crippen molar-refractivity contribution in [2.75, 3.05) is 0 Å². The third-order valence-corrected chi connectivity index (χ3v) is 1.91. The van der Waals surface area contributed by atoms with Crippen LogP contribution in [-0.2, 0) is 4.79 Å². The molecule has 0 saturated heterocycles. The van der Waals surface area contributed by atoms with E-state index in [2.05, 4.69) is 4.99 Å². The Bertz CT molecular complexity index is 152. The Morgan fingerprint density at radius 2 is 2.10 bits per heavy atom. The van der Waals surface area contributed by atoms with Crippen LogP contribution in [-0.4, -0.2) is 23.3 Å². The van der Waals surface area contributed by atoms with Crippen molar-refractivity contribution in [3.05, 3.63) is 0 Å². The lowest BCUT2D eigenvalue weighted by Crippen LogP contribution is -2.27. The summed E-state index contributed by atoms with van der Waals surface area (Å²) in [6.45, 7) is 0. The SMILES string of the molecule is O=C=NC1CCCCC1O. The van der Waals surface area contributed by atoms with Gasteiger partial charge in [-0.2, -0.15) is 4.99 Å². The molecule has 1 N–H and O–H groups in total. The average molecular weight is 141 g/mol. The Hall–Kier alpha value is -0.660. The maximum Gasteiger partial charge on any atom is 0.235 e. The second-order valence-corrected chi connectivity index (χ2v) is 2.64. The Morgan fingerprint density at radius 3 is 2.70 bits per heavy atom. The third-order valence-electron chi connectivity index (χ3n) is 1.91. The lowest BCUT2D eigenvalue weighted by Gasteiger charge is -2.22. The van der Waals surface area contributed by atoms with E-state index in [1.54, 1.807) is 0 Å². The standard InChI is InChI=1S/C7H11NO2/c9-5-8-6-3-1-2-4-7(6)10/h6-7,10H,1-4H2. The highest BCUT2D eigenvalue weighted by Gasteiger charge is 2.21. The minimum absolute atomic E-state index is 0.175. The zero-order chi connectivity index (χ0) is 7.40. The van der Waals surface area contributed by atoms with Gasteiger partial charge in [0.05, 0.1) is 12.1 Å². The average Bonchev–Trinajstić information content (AvgIpc) is 1.94. The van der Waals surface area contributed by atoms with Crippen LogP contribution in [0.3, 0.4) is 0 Å². The van der Waals surface area contributed by atoms with E-state index >= 15 is 0 Å². The molecule has 3 nitrogen and oxygen atoms in total. The van der Waals surface area contributed by atoms with Crippen LogP contribution < -0.4 is 0 Å². The molecule has 56 valence electrons. The topological polar surface area (TPSA) is 49.7 Å². The van der Waals surface area contributed by atoms with Gasteiger partial charge in [-0.1, -0.05) is 12.8 Å². The van der Waals surface area contributed by atoms with E-state index in [-0.39, 0.29) is 6.04 Å². The minimum Gasteiger partial charge on any atom is -0.391 e. The van der Waals surface area contributed by atoms with Gasteiger partial charge in [0.15, 0.2) is 0 Å². The van der Waals surface area contributed by atoms with Gasteiger partial charge in [0.1, 0.15) is 0 Å². The number of aliphatic hydroxyl groups is 1. The molecule has 0 heterocycles. The quantitative estimate of drug-likeness (QED) is 0.430. The molecular formula is C7H11NO2. The predicted molar refractivity (Wildman–Crippen MR) is 36.4 cm³/mol. The lowest BCUT2D eigenvalue weighted by atomic mass is 9.93. The van der Waals surface area contributed by atoms with Crippen LogP contribution in [0.4, 0.5) is 0 Å². The van der Waals surface area contributed by atoms with E-state index in [1.807, 2.05) is 0 Å². The van der Waals surface area contributed by atoms with E-state index in [1.165, 1.54) is 6.08 Å². The van der Waals surface area contributed by atoms with Gasteiger partial charge in [0.25, 0.3) is 0 Å². The maximum absolute atomic E-state index is 9.82. The molecule has 1 aliphatic carbocycles. The van der Waals surface area contributed by atoms with Crippen LogP contribution in [0.1, 0.15) is 25.7 Å². The van der Waals surface area contributed by atoms with E-state index in [9.17, 15) is 9.90 Å². The first kappa shape index (κ1) is 7.45. The highest BCUT2D eigenvalue weighted by Crippen LogP contribution is 2.20. The number of carbonyl (C=O) groups excluding carboxylic acids is 1. The van der Waals surface area contributed by atoms with Crippen LogP contribution in [0.5, 0.6) is 0 Å². The summed E-state index contributed by atoms with van der Waals surface area (Å²) in [6, 6.07) is -0.175. The number of rotatable bonds is 1. The van der Waals surface area contributed by atoms with Crippen LogP contribution >= 0.6 is 0 Å². The zero-order valence-corrected chi connectivity index (χ0v) is 5.79. The molecule has 0 spiro atoms. The van der Waals surface area contributed by atoms with Crippen molar-refractivity contribution in [1.29, 1.82) is 0 Å². The molecule has 1 aliphatic rings. The molecule has 0 aliphatic heterocycles. The normalized spacial score (nSPS) is 32.9. The second-order valence-electron chi connectivity index (χ2n) is 2.64. The van der Waals surface area contributed by atoms with Gasteiger partial charge in [-0.15, -0.1) is 0 Å². The smallest absolute Gasteiger partial charge is 0.235 e. The number of hydrogen-bond acceptors (Lipinski definition) is 3. The molecule has 0 radical (unpaired) electrons. The van der Waals surface area contributed by atoms with Gasteiger partial charge in [-0.3, -0.25) is 0 Å². The van der Waals surface area contributed by atoms with Crippen LogP contribution in [0, 0.1) is 0 Å². The summed E-state index contributed by atoms with van der Waals surface area (Å²) in [4.78, 5) is 13.3. The fourth-order valence-corrected chi connectivity index (χ4v) is 1.31. The van der Waals surface area contributed by atoms with Crippen molar-refractivity contribution < 1.29 is 9.90 Å². The van der Waals surface area contributed by atoms with Crippen molar-refractivity contribution in [3.63, 3.8) is 0 Å². The number of isocyanates is 1. The summed E-state index contributed by atoms with van der Waals surface area (Å²) in [7, 11) is 0. The van der Waals surface area contributed by atoms with Crippen molar-refractivity contribution in [2.45, 2.75) is 37.8 Å². The van der Waals surface area contributed by atoms with Gasteiger partial charge in [-0.25, -0.2) is 4.79 Å². The van der Waals surface area contributed by atoms with Crippen molar-refractivity contribution in [1.82, 2.24) is 0 Å². The van der Waals surface area contributed by atoms with Gasteiger partial charge in [0.2, 0.25) is 6.08 Å². The van der Waals surface area contributed by atoms with E-state index in [0.717, 1.165) is 25.7 Å². The summed E-state index contributed by atoms with van der Waals surface area (Å²) in [6.07, 6.45) is 4.79. The molecule has 0 bridgehead atoms.